The Balaban J connectivity index is 2.25. The molecule has 0 fully saturated rings. The Morgan fingerprint density at radius 2 is 1.94 bits per heavy atom. The first kappa shape index (κ1) is 11.2. The number of rotatable bonds is 3. The maximum absolute atomic E-state index is 11.6. The van der Waals surface area contributed by atoms with E-state index in [0.29, 0.717) is 0 Å². The summed E-state index contributed by atoms with van der Waals surface area (Å²) in [7, 11) is -3.84. The molecule has 2 aromatic rings. The lowest BCUT2D eigenvalue weighted by atomic mass is 10.3. The van der Waals surface area contributed by atoms with Gasteiger partial charge in [0, 0.05) is 16.9 Å². The Labute approximate surface area is 101 Å². The molecular formula is C9H7BrN2O3S. The molecule has 0 bridgehead atoms. The van der Waals surface area contributed by atoms with Crippen molar-refractivity contribution in [1.82, 2.24) is 8.96 Å². The van der Waals surface area contributed by atoms with Gasteiger partial charge in [0.1, 0.15) is 12.1 Å². The lowest BCUT2D eigenvalue weighted by molar-refractivity contribution is 0.476. The average molecular weight is 303 g/mol. The van der Waals surface area contributed by atoms with Crippen molar-refractivity contribution >= 4 is 26.2 Å². The van der Waals surface area contributed by atoms with E-state index in [9.17, 15) is 8.42 Å². The largest absolute Gasteiger partial charge is 0.414 e. The van der Waals surface area contributed by atoms with E-state index in [1.807, 2.05) is 0 Å². The first-order valence-electron chi connectivity index (χ1n) is 4.26. The number of nitrogens with zero attached hydrogens (tertiary/aromatic N) is 2. The Morgan fingerprint density at radius 1 is 1.25 bits per heavy atom. The predicted octanol–water partition coefficient (Wildman–Crippen LogP) is 1.82. The van der Waals surface area contributed by atoms with Crippen LogP contribution in [0.5, 0.6) is 5.75 Å². The molecule has 84 valence electrons. The minimum Gasteiger partial charge on any atom is -0.366 e. The Hall–Kier alpha value is -1.34. The van der Waals surface area contributed by atoms with Crippen molar-refractivity contribution in [3.8, 4) is 5.75 Å². The van der Waals surface area contributed by atoms with E-state index in [1.54, 1.807) is 24.3 Å². The fourth-order valence-electron chi connectivity index (χ4n) is 1.03. The van der Waals surface area contributed by atoms with Gasteiger partial charge in [-0.3, -0.25) is 0 Å². The standard InChI is InChI=1S/C9H7BrN2O3S/c10-8-1-3-9(4-2-8)15-16(13,14)12-6-5-11-7-12/h1-7H. The number of imidazole rings is 1. The molecule has 0 unspecified atom stereocenters. The molecule has 16 heavy (non-hydrogen) atoms. The molecule has 0 saturated carbocycles. The summed E-state index contributed by atoms with van der Waals surface area (Å²) in [6.45, 7) is 0. The minimum absolute atomic E-state index is 0.247. The molecule has 0 aliphatic carbocycles. The second-order valence-electron chi connectivity index (χ2n) is 2.89. The third-order valence-electron chi connectivity index (χ3n) is 1.75. The third kappa shape index (κ3) is 2.42. The topological polar surface area (TPSA) is 61.2 Å². The number of halogens is 1. The second-order valence-corrected chi connectivity index (χ2v) is 5.25. The molecule has 1 aromatic carbocycles. The lowest BCUT2D eigenvalue weighted by Crippen LogP contribution is -2.17. The van der Waals surface area contributed by atoms with Gasteiger partial charge in [-0.25, -0.2) is 8.96 Å². The number of hydrogen-bond acceptors (Lipinski definition) is 4. The van der Waals surface area contributed by atoms with Gasteiger partial charge in [0.2, 0.25) is 0 Å². The quantitative estimate of drug-likeness (QED) is 0.867. The number of hydrogen-bond donors (Lipinski definition) is 0. The molecule has 1 aromatic heterocycles. The summed E-state index contributed by atoms with van der Waals surface area (Å²) in [5.41, 5.74) is 0. The van der Waals surface area contributed by atoms with Gasteiger partial charge in [0.15, 0.2) is 0 Å². The van der Waals surface area contributed by atoms with Crippen LogP contribution >= 0.6 is 15.9 Å². The summed E-state index contributed by atoms with van der Waals surface area (Å²) < 4.78 is 29.9. The van der Waals surface area contributed by atoms with Crippen LogP contribution < -0.4 is 4.18 Å². The summed E-state index contributed by atoms with van der Waals surface area (Å²) in [6, 6.07) is 6.49. The average Bonchev–Trinajstić information content (AvgIpc) is 2.75. The van der Waals surface area contributed by atoms with Gasteiger partial charge in [-0.15, -0.1) is 0 Å². The molecule has 0 aliphatic rings. The van der Waals surface area contributed by atoms with Crippen LogP contribution in [-0.2, 0) is 10.3 Å². The fraction of sp³-hybridized carbons (Fsp3) is 0. The van der Waals surface area contributed by atoms with Crippen LogP contribution in [0.2, 0.25) is 0 Å². The summed E-state index contributed by atoms with van der Waals surface area (Å²) in [4.78, 5) is 3.64. The second kappa shape index (κ2) is 4.26. The Bertz CT molecular complexity index is 563. The summed E-state index contributed by atoms with van der Waals surface area (Å²) in [5.74, 6) is 0.247. The van der Waals surface area contributed by atoms with E-state index in [4.69, 9.17) is 4.18 Å². The lowest BCUT2D eigenvalue weighted by Gasteiger charge is -2.06. The van der Waals surface area contributed by atoms with Crippen LogP contribution in [0.3, 0.4) is 0 Å². The van der Waals surface area contributed by atoms with Crippen LogP contribution in [0, 0.1) is 0 Å². The van der Waals surface area contributed by atoms with Crippen molar-refractivity contribution in [3.63, 3.8) is 0 Å². The van der Waals surface area contributed by atoms with Crippen molar-refractivity contribution in [1.29, 1.82) is 0 Å². The zero-order chi connectivity index (χ0) is 11.6. The summed E-state index contributed by atoms with van der Waals surface area (Å²) in [5, 5.41) is 0. The van der Waals surface area contributed by atoms with Gasteiger partial charge in [-0.05, 0) is 24.3 Å². The summed E-state index contributed by atoms with van der Waals surface area (Å²) >= 11 is 3.24. The SMILES string of the molecule is O=S(=O)(Oc1ccc(Br)cc1)n1ccnc1. The van der Waals surface area contributed by atoms with Crippen LogP contribution in [0.15, 0.2) is 47.5 Å². The Morgan fingerprint density at radius 3 is 2.50 bits per heavy atom. The first-order chi connectivity index (χ1) is 7.58. The van der Waals surface area contributed by atoms with Gasteiger partial charge in [0.25, 0.3) is 0 Å². The molecular weight excluding hydrogens is 296 g/mol. The van der Waals surface area contributed by atoms with E-state index in [0.717, 1.165) is 14.8 Å². The zero-order valence-corrected chi connectivity index (χ0v) is 10.3. The van der Waals surface area contributed by atoms with E-state index < -0.39 is 10.3 Å². The molecule has 0 amide bonds. The molecule has 0 aliphatic heterocycles. The summed E-state index contributed by atoms with van der Waals surface area (Å²) in [6.07, 6.45) is 3.82. The fourth-order valence-corrected chi connectivity index (χ4v) is 2.11. The molecule has 0 saturated heterocycles. The van der Waals surface area contributed by atoms with Crippen LogP contribution in [0.25, 0.3) is 0 Å². The zero-order valence-electron chi connectivity index (χ0n) is 7.95. The molecule has 0 atom stereocenters. The number of benzene rings is 1. The van der Waals surface area contributed by atoms with Gasteiger partial charge in [0.05, 0.1) is 0 Å². The predicted molar refractivity (Wildman–Crippen MR) is 61.3 cm³/mol. The monoisotopic (exact) mass is 302 g/mol. The number of aromatic nitrogens is 2. The van der Waals surface area contributed by atoms with Crippen molar-refractivity contribution in [3.05, 3.63) is 47.5 Å². The molecule has 5 nitrogen and oxygen atoms in total. The minimum atomic E-state index is -3.84. The van der Waals surface area contributed by atoms with Gasteiger partial charge < -0.3 is 4.18 Å². The molecule has 7 heteroatoms. The maximum Gasteiger partial charge on any atom is 0.414 e. The molecule has 2 rings (SSSR count). The van der Waals surface area contributed by atoms with Crippen molar-refractivity contribution < 1.29 is 12.6 Å². The smallest absolute Gasteiger partial charge is 0.366 e. The van der Waals surface area contributed by atoms with Crippen molar-refractivity contribution in [2.24, 2.45) is 0 Å². The van der Waals surface area contributed by atoms with Crippen LogP contribution in [0.1, 0.15) is 0 Å². The third-order valence-corrected chi connectivity index (χ3v) is 3.42. The van der Waals surface area contributed by atoms with Gasteiger partial charge in [-0.2, -0.15) is 8.42 Å². The van der Waals surface area contributed by atoms with Gasteiger partial charge in [-0.1, -0.05) is 15.9 Å². The van der Waals surface area contributed by atoms with E-state index in [2.05, 4.69) is 20.9 Å². The highest BCUT2D eigenvalue weighted by Crippen LogP contribution is 2.18. The van der Waals surface area contributed by atoms with E-state index >= 15 is 0 Å². The van der Waals surface area contributed by atoms with Gasteiger partial charge >= 0.3 is 10.3 Å². The van der Waals surface area contributed by atoms with Crippen LogP contribution in [0.4, 0.5) is 0 Å². The normalized spacial score (nSPS) is 11.3. The molecule has 0 N–H and O–H groups in total. The molecule has 0 spiro atoms. The Kier molecular flexibility index (Phi) is 2.97. The van der Waals surface area contributed by atoms with E-state index in [1.165, 1.54) is 12.4 Å². The molecule has 1 heterocycles. The first-order valence-corrected chi connectivity index (χ1v) is 6.42. The molecule has 0 radical (unpaired) electrons. The van der Waals surface area contributed by atoms with E-state index in [-0.39, 0.29) is 5.75 Å². The highest BCUT2D eigenvalue weighted by molar-refractivity contribution is 9.10. The highest BCUT2D eigenvalue weighted by Gasteiger charge is 2.14. The maximum atomic E-state index is 11.6. The highest BCUT2D eigenvalue weighted by atomic mass is 79.9. The van der Waals surface area contributed by atoms with Crippen molar-refractivity contribution in [2.45, 2.75) is 0 Å². The van der Waals surface area contributed by atoms with Crippen molar-refractivity contribution in [2.75, 3.05) is 0 Å². The van der Waals surface area contributed by atoms with Crippen LogP contribution in [-0.4, -0.2) is 17.4 Å².